The van der Waals surface area contributed by atoms with E-state index >= 15 is 0 Å². The second-order valence-electron chi connectivity index (χ2n) is 4.84. The number of pyridine rings is 1. The van der Waals surface area contributed by atoms with Crippen molar-refractivity contribution in [3.05, 3.63) is 54.0 Å². The van der Waals surface area contributed by atoms with Crippen molar-refractivity contribution in [2.75, 3.05) is 0 Å². The Morgan fingerprint density at radius 1 is 1.05 bits per heavy atom. The molecule has 3 nitrogen and oxygen atoms in total. The highest BCUT2D eigenvalue weighted by atomic mass is 19.4. The molecule has 0 spiro atoms. The first-order valence-electron chi connectivity index (χ1n) is 6.76. The van der Waals surface area contributed by atoms with Crippen LogP contribution in [-0.2, 0) is 12.6 Å². The highest BCUT2D eigenvalue weighted by Crippen LogP contribution is 2.31. The zero-order valence-corrected chi connectivity index (χ0v) is 11.7. The summed E-state index contributed by atoms with van der Waals surface area (Å²) in [6.07, 6.45) is 1.30. The van der Waals surface area contributed by atoms with E-state index < -0.39 is 11.7 Å². The predicted molar refractivity (Wildman–Crippen MR) is 77.1 cm³/mol. The van der Waals surface area contributed by atoms with Crippen LogP contribution < -0.4 is 0 Å². The summed E-state index contributed by atoms with van der Waals surface area (Å²) in [7, 11) is 0. The summed E-state index contributed by atoms with van der Waals surface area (Å²) < 4.78 is 38.4. The maximum absolute atomic E-state index is 12.8. The highest BCUT2D eigenvalue weighted by molar-refractivity contribution is 5.78. The molecule has 0 radical (unpaired) electrons. The van der Waals surface area contributed by atoms with E-state index in [0.717, 1.165) is 29.7 Å². The van der Waals surface area contributed by atoms with E-state index in [2.05, 4.69) is 15.0 Å². The Morgan fingerprint density at radius 3 is 2.59 bits per heavy atom. The fourth-order valence-corrected chi connectivity index (χ4v) is 2.28. The summed E-state index contributed by atoms with van der Waals surface area (Å²) in [5, 5.41) is 0. The molecule has 3 rings (SSSR count). The number of halogens is 3. The van der Waals surface area contributed by atoms with Gasteiger partial charge in [-0.3, -0.25) is 9.97 Å². The van der Waals surface area contributed by atoms with Gasteiger partial charge in [0.25, 0.3) is 0 Å². The molecule has 0 aliphatic heterocycles. The third kappa shape index (κ3) is 2.64. The molecular weight excluding hydrogens is 291 g/mol. The average Bonchev–Trinajstić information content (AvgIpc) is 2.53. The van der Waals surface area contributed by atoms with Gasteiger partial charge in [-0.25, -0.2) is 4.98 Å². The number of aryl methyl sites for hydroxylation is 1. The minimum absolute atomic E-state index is 0.228. The molecule has 112 valence electrons. The Bertz CT molecular complexity index is 828. The minimum atomic E-state index is -4.39. The first kappa shape index (κ1) is 14.4. The summed E-state index contributed by atoms with van der Waals surface area (Å²) >= 11 is 0. The number of benzene rings is 1. The van der Waals surface area contributed by atoms with Crippen molar-refractivity contribution in [3.63, 3.8) is 0 Å². The Balaban J connectivity index is 2.16. The fraction of sp³-hybridized carbons (Fsp3) is 0.188. The average molecular weight is 303 g/mol. The molecule has 0 saturated carbocycles. The van der Waals surface area contributed by atoms with Crippen LogP contribution in [0.25, 0.3) is 22.3 Å². The fourth-order valence-electron chi connectivity index (χ4n) is 2.28. The molecular formula is C16H12F3N3. The number of rotatable bonds is 2. The lowest BCUT2D eigenvalue weighted by Crippen LogP contribution is -2.05. The van der Waals surface area contributed by atoms with E-state index in [4.69, 9.17) is 0 Å². The van der Waals surface area contributed by atoms with Crippen LogP contribution in [0.1, 0.15) is 18.1 Å². The van der Waals surface area contributed by atoms with Crippen molar-refractivity contribution in [2.24, 2.45) is 0 Å². The summed E-state index contributed by atoms with van der Waals surface area (Å²) in [6, 6.07) is 5.17. The lowest BCUT2D eigenvalue weighted by molar-refractivity contribution is -0.137. The predicted octanol–water partition coefficient (Wildman–Crippen LogP) is 4.27. The molecule has 2 heterocycles. The Kier molecular flexibility index (Phi) is 3.52. The number of hydrogen-bond acceptors (Lipinski definition) is 3. The van der Waals surface area contributed by atoms with Crippen molar-refractivity contribution < 1.29 is 13.2 Å². The Hall–Kier alpha value is -2.50. The molecule has 0 N–H and O–H groups in total. The maximum Gasteiger partial charge on any atom is 0.416 e. The van der Waals surface area contributed by atoms with E-state index in [9.17, 15) is 13.2 Å². The van der Waals surface area contributed by atoms with Crippen LogP contribution in [0.3, 0.4) is 0 Å². The molecule has 3 aromatic rings. The quantitative estimate of drug-likeness (QED) is 0.709. The topological polar surface area (TPSA) is 38.7 Å². The normalized spacial score (nSPS) is 11.8. The van der Waals surface area contributed by atoms with Gasteiger partial charge >= 0.3 is 6.18 Å². The zero-order chi connectivity index (χ0) is 15.7. The van der Waals surface area contributed by atoms with Gasteiger partial charge in [-0.1, -0.05) is 6.92 Å². The third-order valence-corrected chi connectivity index (χ3v) is 3.43. The molecule has 0 bridgehead atoms. The number of fused-ring (bicyclic) bond motifs is 1. The van der Waals surface area contributed by atoms with Crippen molar-refractivity contribution in [1.29, 1.82) is 0 Å². The number of aromatic nitrogens is 3. The minimum Gasteiger partial charge on any atom is -0.264 e. The van der Waals surface area contributed by atoms with E-state index in [1.54, 1.807) is 24.7 Å². The molecule has 0 aliphatic carbocycles. The molecule has 0 aliphatic rings. The Morgan fingerprint density at radius 2 is 1.86 bits per heavy atom. The zero-order valence-electron chi connectivity index (χ0n) is 11.7. The monoisotopic (exact) mass is 303 g/mol. The first-order chi connectivity index (χ1) is 10.5. The van der Waals surface area contributed by atoms with Gasteiger partial charge in [-0.05, 0) is 36.2 Å². The van der Waals surface area contributed by atoms with Gasteiger partial charge in [0, 0.05) is 18.0 Å². The van der Waals surface area contributed by atoms with Crippen LogP contribution >= 0.6 is 0 Å². The largest absolute Gasteiger partial charge is 0.416 e. The molecule has 1 aromatic carbocycles. The second kappa shape index (κ2) is 5.36. The van der Waals surface area contributed by atoms with Crippen LogP contribution in [0.5, 0.6) is 0 Å². The smallest absolute Gasteiger partial charge is 0.264 e. The second-order valence-corrected chi connectivity index (χ2v) is 4.84. The molecule has 0 unspecified atom stereocenters. The molecule has 0 saturated heterocycles. The molecule has 6 heteroatoms. The summed E-state index contributed by atoms with van der Waals surface area (Å²) in [5.41, 5.74) is 2.30. The SMILES string of the molecule is CCc1cnccc1-c1cnc2ccc(C(F)(F)F)cc2n1. The van der Waals surface area contributed by atoms with Gasteiger partial charge in [0.15, 0.2) is 0 Å². The molecule has 0 atom stereocenters. The summed E-state index contributed by atoms with van der Waals surface area (Å²) in [6.45, 7) is 1.98. The van der Waals surface area contributed by atoms with Gasteiger partial charge < -0.3 is 0 Å². The lowest BCUT2D eigenvalue weighted by atomic mass is 10.1. The van der Waals surface area contributed by atoms with Crippen LogP contribution in [0.15, 0.2) is 42.9 Å². The van der Waals surface area contributed by atoms with Gasteiger partial charge in [-0.2, -0.15) is 13.2 Å². The van der Waals surface area contributed by atoms with Crippen molar-refractivity contribution in [2.45, 2.75) is 19.5 Å². The van der Waals surface area contributed by atoms with Gasteiger partial charge in [0.1, 0.15) is 0 Å². The van der Waals surface area contributed by atoms with Gasteiger partial charge in [-0.15, -0.1) is 0 Å². The summed E-state index contributed by atoms with van der Waals surface area (Å²) in [5.74, 6) is 0. The number of alkyl halides is 3. The number of nitrogens with zero attached hydrogens (tertiary/aromatic N) is 3. The lowest BCUT2D eigenvalue weighted by Gasteiger charge is -2.09. The first-order valence-corrected chi connectivity index (χ1v) is 6.76. The van der Waals surface area contributed by atoms with Crippen molar-refractivity contribution in [1.82, 2.24) is 15.0 Å². The number of hydrogen-bond donors (Lipinski definition) is 0. The van der Waals surface area contributed by atoms with Crippen LogP contribution in [0.4, 0.5) is 13.2 Å². The molecule has 22 heavy (non-hydrogen) atoms. The van der Waals surface area contributed by atoms with E-state index in [0.29, 0.717) is 11.2 Å². The summed E-state index contributed by atoms with van der Waals surface area (Å²) in [4.78, 5) is 12.6. The van der Waals surface area contributed by atoms with E-state index in [-0.39, 0.29) is 5.52 Å². The molecule has 0 fully saturated rings. The molecule has 0 amide bonds. The van der Waals surface area contributed by atoms with Crippen LogP contribution in [0, 0.1) is 0 Å². The highest BCUT2D eigenvalue weighted by Gasteiger charge is 2.30. The standard InChI is InChI=1S/C16H12F3N3/c1-2-10-8-20-6-5-12(10)15-9-21-13-4-3-11(16(17,18)19)7-14(13)22-15/h3-9H,2H2,1H3. The van der Waals surface area contributed by atoms with Crippen LogP contribution in [0.2, 0.25) is 0 Å². The maximum atomic E-state index is 12.8. The molecule has 2 aromatic heterocycles. The Labute approximate surface area is 124 Å². The van der Waals surface area contributed by atoms with Crippen molar-refractivity contribution in [3.8, 4) is 11.3 Å². The van der Waals surface area contributed by atoms with Gasteiger partial charge in [0.05, 0.1) is 28.5 Å². The van der Waals surface area contributed by atoms with Gasteiger partial charge in [0.2, 0.25) is 0 Å². The van der Waals surface area contributed by atoms with E-state index in [1.165, 1.54) is 6.07 Å². The third-order valence-electron chi connectivity index (χ3n) is 3.43. The van der Waals surface area contributed by atoms with Crippen LogP contribution in [-0.4, -0.2) is 15.0 Å². The van der Waals surface area contributed by atoms with Crippen molar-refractivity contribution >= 4 is 11.0 Å². The van der Waals surface area contributed by atoms with E-state index in [1.807, 2.05) is 6.92 Å².